The first-order valence-electron chi connectivity index (χ1n) is 10.4. The van der Waals surface area contributed by atoms with Crippen molar-refractivity contribution in [3.63, 3.8) is 0 Å². The van der Waals surface area contributed by atoms with Crippen molar-refractivity contribution >= 4 is 21.6 Å². The number of carbonyl (C=O) groups excluding carboxylic acids is 1. The van der Waals surface area contributed by atoms with Crippen LogP contribution in [0.1, 0.15) is 37.6 Å². The number of carbonyl (C=O) groups is 1. The second-order valence-electron chi connectivity index (χ2n) is 7.94. The van der Waals surface area contributed by atoms with Gasteiger partial charge >= 0.3 is 0 Å². The van der Waals surface area contributed by atoms with Crippen LogP contribution in [-0.2, 0) is 16.6 Å². The average Bonchev–Trinajstić information content (AvgIpc) is 2.71. The van der Waals surface area contributed by atoms with E-state index in [2.05, 4.69) is 4.72 Å². The number of piperazine rings is 1. The minimum Gasteiger partial charge on any atom is -0.333 e. The van der Waals surface area contributed by atoms with Gasteiger partial charge in [0, 0.05) is 56.5 Å². The maximum atomic E-state index is 14.0. The number of benzene rings is 2. The summed E-state index contributed by atoms with van der Waals surface area (Å²) in [5.74, 6) is -3.31. The van der Waals surface area contributed by atoms with Gasteiger partial charge in [0.25, 0.3) is 5.91 Å². The highest BCUT2D eigenvalue weighted by molar-refractivity contribution is 7.92. The van der Waals surface area contributed by atoms with Gasteiger partial charge in [-0.25, -0.2) is 21.6 Å². The summed E-state index contributed by atoms with van der Waals surface area (Å²) >= 11 is 0. The Hall–Kier alpha value is -2.59. The quantitative estimate of drug-likeness (QED) is 0.623. The van der Waals surface area contributed by atoms with Crippen molar-refractivity contribution < 1.29 is 27.8 Å². The van der Waals surface area contributed by atoms with Crippen molar-refractivity contribution in [3.8, 4) is 0 Å². The summed E-state index contributed by atoms with van der Waals surface area (Å²) in [6.45, 7) is 4.86. The van der Waals surface area contributed by atoms with Crippen LogP contribution < -0.4 is 4.72 Å². The van der Waals surface area contributed by atoms with E-state index in [4.69, 9.17) is 0 Å². The molecule has 1 atom stereocenters. The van der Waals surface area contributed by atoms with Crippen molar-refractivity contribution in [3.05, 3.63) is 65.0 Å². The van der Waals surface area contributed by atoms with Crippen LogP contribution in [0.15, 0.2) is 36.4 Å². The molecule has 1 heterocycles. The average molecular weight is 472 g/mol. The molecule has 1 fully saturated rings. The van der Waals surface area contributed by atoms with Gasteiger partial charge in [-0.1, -0.05) is 6.92 Å². The number of nitrogens with one attached hydrogen (secondary N) is 1. The minimum absolute atomic E-state index is 0. The number of anilines is 1. The van der Waals surface area contributed by atoms with Crippen LogP contribution in [0, 0.1) is 17.5 Å². The van der Waals surface area contributed by atoms with Gasteiger partial charge in [-0.15, -0.1) is 0 Å². The van der Waals surface area contributed by atoms with Crippen LogP contribution in [-0.4, -0.2) is 55.6 Å². The van der Waals surface area contributed by atoms with E-state index in [0.717, 1.165) is 6.07 Å². The molecule has 1 aliphatic heterocycles. The lowest BCUT2D eigenvalue weighted by molar-refractivity contribution is 0.0473. The summed E-state index contributed by atoms with van der Waals surface area (Å²) in [5.41, 5.74) is 0.745. The molecule has 10 heteroatoms. The van der Waals surface area contributed by atoms with E-state index in [1.165, 1.54) is 0 Å². The van der Waals surface area contributed by atoms with Gasteiger partial charge in [0.05, 0.1) is 5.75 Å². The lowest BCUT2D eigenvalue weighted by atomic mass is 10.1. The molecular weight excluding hydrogens is 443 g/mol. The van der Waals surface area contributed by atoms with Crippen LogP contribution in [0.25, 0.3) is 0 Å². The number of amides is 1. The molecule has 0 aromatic heterocycles. The van der Waals surface area contributed by atoms with E-state index in [1.54, 1.807) is 36.1 Å². The van der Waals surface area contributed by atoms with E-state index >= 15 is 0 Å². The number of sulfonamides is 1. The molecule has 2 aromatic rings. The standard InChI is InChI=1S/C22H26F3N3O3S.H2/c1-3-10-32(30,31)26-19-6-4-16(5-7-19)22(29)28-9-8-27(13-15(28)2)14-17-11-18(23)12-20(24)21(17)25;/h4-7,11-12,15,26H,3,8-10,13-14H2,1-2H3;1H/t15-;/m0./s1. The summed E-state index contributed by atoms with van der Waals surface area (Å²) < 4.78 is 67.1. The Balaban J connectivity index is 0.00000385. The molecule has 1 aliphatic rings. The van der Waals surface area contributed by atoms with Crippen LogP contribution in [0.3, 0.4) is 0 Å². The van der Waals surface area contributed by atoms with E-state index in [0.29, 0.717) is 43.4 Å². The Morgan fingerprint density at radius 2 is 1.84 bits per heavy atom. The molecule has 0 saturated carbocycles. The first kappa shape index (κ1) is 24.1. The lowest BCUT2D eigenvalue weighted by Gasteiger charge is -2.40. The molecular formula is C22H28F3N3O3S. The molecule has 176 valence electrons. The predicted molar refractivity (Wildman–Crippen MR) is 118 cm³/mol. The van der Waals surface area contributed by atoms with Gasteiger partial charge in [0.1, 0.15) is 5.82 Å². The van der Waals surface area contributed by atoms with E-state index in [-0.39, 0.29) is 31.2 Å². The third-order valence-electron chi connectivity index (χ3n) is 5.31. The number of hydrogen-bond acceptors (Lipinski definition) is 4. The van der Waals surface area contributed by atoms with Gasteiger partial charge in [0.15, 0.2) is 11.6 Å². The first-order chi connectivity index (χ1) is 15.1. The van der Waals surface area contributed by atoms with Crippen LogP contribution in [0.5, 0.6) is 0 Å². The predicted octanol–water partition coefficient (Wildman–Crippen LogP) is 3.85. The summed E-state index contributed by atoms with van der Waals surface area (Å²) in [4.78, 5) is 16.4. The van der Waals surface area contributed by atoms with Crippen molar-refractivity contribution in [1.29, 1.82) is 0 Å². The molecule has 0 spiro atoms. The van der Waals surface area contributed by atoms with Crippen molar-refractivity contribution in [2.45, 2.75) is 32.9 Å². The van der Waals surface area contributed by atoms with Gasteiger partial charge in [-0.05, 0) is 43.7 Å². The van der Waals surface area contributed by atoms with Crippen LogP contribution in [0.4, 0.5) is 18.9 Å². The second-order valence-corrected chi connectivity index (χ2v) is 9.78. The number of hydrogen-bond donors (Lipinski definition) is 1. The van der Waals surface area contributed by atoms with Gasteiger partial charge < -0.3 is 4.90 Å². The minimum atomic E-state index is -3.41. The Bertz CT molecular complexity index is 1080. The van der Waals surface area contributed by atoms with E-state index < -0.39 is 27.5 Å². The van der Waals surface area contributed by atoms with Crippen LogP contribution in [0.2, 0.25) is 0 Å². The Morgan fingerprint density at radius 3 is 2.47 bits per heavy atom. The normalized spacial score (nSPS) is 17.4. The molecule has 6 nitrogen and oxygen atoms in total. The summed E-state index contributed by atoms with van der Waals surface area (Å²) in [5, 5.41) is 0. The fourth-order valence-corrected chi connectivity index (χ4v) is 4.92. The van der Waals surface area contributed by atoms with Gasteiger partial charge in [0.2, 0.25) is 10.0 Å². The highest BCUT2D eigenvalue weighted by atomic mass is 32.2. The highest BCUT2D eigenvalue weighted by Gasteiger charge is 2.29. The molecule has 0 bridgehead atoms. The summed E-state index contributed by atoms with van der Waals surface area (Å²) in [6, 6.07) is 7.51. The fourth-order valence-electron chi connectivity index (χ4n) is 3.79. The van der Waals surface area contributed by atoms with Crippen molar-refractivity contribution in [2.24, 2.45) is 0 Å². The Labute approximate surface area is 187 Å². The molecule has 0 aliphatic carbocycles. The summed E-state index contributed by atoms with van der Waals surface area (Å²) in [6.07, 6.45) is 0.497. The second kappa shape index (κ2) is 9.91. The molecule has 2 aromatic carbocycles. The van der Waals surface area contributed by atoms with Gasteiger partial charge in [-0.3, -0.25) is 14.4 Å². The molecule has 32 heavy (non-hydrogen) atoms. The highest BCUT2D eigenvalue weighted by Crippen LogP contribution is 2.21. The Morgan fingerprint density at radius 1 is 1.16 bits per heavy atom. The number of rotatable bonds is 7. The van der Waals surface area contributed by atoms with E-state index in [1.807, 2.05) is 11.8 Å². The van der Waals surface area contributed by atoms with Crippen molar-refractivity contribution in [2.75, 3.05) is 30.1 Å². The maximum Gasteiger partial charge on any atom is 0.254 e. The molecule has 1 N–H and O–H groups in total. The number of nitrogens with zero attached hydrogens (tertiary/aromatic N) is 2. The zero-order chi connectivity index (χ0) is 23.5. The van der Waals surface area contributed by atoms with E-state index in [9.17, 15) is 26.4 Å². The fraction of sp³-hybridized carbons (Fsp3) is 0.409. The van der Waals surface area contributed by atoms with Gasteiger partial charge in [-0.2, -0.15) is 0 Å². The third-order valence-corrected chi connectivity index (χ3v) is 6.81. The molecule has 0 unspecified atom stereocenters. The zero-order valence-corrected chi connectivity index (χ0v) is 18.8. The smallest absolute Gasteiger partial charge is 0.254 e. The molecule has 0 radical (unpaired) electrons. The molecule has 3 rings (SSSR count). The summed E-state index contributed by atoms with van der Waals surface area (Å²) in [7, 11) is -3.41. The Kier molecular flexibility index (Phi) is 7.45. The monoisotopic (exact) mass is 471 g/mol. The third kappa shape index (κ3) is 5.80. The molecule has 1 saturated heterocycles. The SMILES string of the molecule is CCCS(=O)(=O)Nc1ccc(C(=O)N2CCN(Cc3cc(F)cc(F)c3F)C[C@@H]2C)cc1.[HH]. The topological polar surface area (TPSA) is 69.7 Å². The maximum absolute atomic E-state index is 14.0. The van der Waals surface area contributed by atoms with Crippen molar-refractivity contribution in [1.82, 2.24) is 9.80 Å². The van der Waals surface area contributed by atoms with Crippen LogP contribution >= 0.6 is 0 Å². The largest absolute Gasteiger partial charge is 0.333 e. The number of halogens is 3. The first-order valence-corrected chi connectivity index (χ1v) is 12.0. The lowest BCUT2D eigenvalue weighted by Crippen LogP contribution is -2.53. The zero-order valence-electron chi connectivity index (χ0n) is 17.9. The molecule has 1 amide bonds.